The Morgan fingerprint density at radius 3 is 2.73 bits per heavy atom. The number of esters is 1. The Morgan fingerprint density at radius 1 is 1.20 bits per heavy atom. The van der Waals surface area contributed by atoms with Crippen LogP contribution < -0.4 is 10.1 Å². The van der Waals surface area contributed by atoms with Crippen molar-refractivity contribution < 1.29 is 14.3 Å². The molecule has 8 heteroatoms. The molecule has 0 amide bonds. The smallest absolute Gasteiger partial charge is 0.305 e. The summed E-state index contributed by atoms with van der Waals surface area (Å²) < 4.78 is 9.91. The third-order valence-electron chi connectivity index (χ3n) is 4.77. The number of methoxy groups -OCH3 is 2. The van der Waals surface area contributed by atoms with E-state index in [1.165, 1.54) is 12.0 Å². The van der Waals surface area contributed by atoms with Crippen molar-refractivity contribution in [3.63, 3.8) is 0 Å². The van der Waals surface area contributed by atoms with Gasteiger partial charge in [0.1, 0.15) is 22.2 Å². The number of carbonyl (C=O) groups is 1. The number of ether oxygens (including phenoxy) is 2. The molecule has 6 nitrogen and oxygen atoms in total. The number of aromatic nitrogens is 2. The lowest BCUT2D eigenvalue weighted by atomic mass is 10.2. The quantitative estimate of drug-likeness (QED) is 0.330. The summed E-state index contributed by atoms with van der Waals surface area (Å²) in [6.45, 7) is 2.73. The minimum absolute atomic E-state index is 0.183. The fourth-order valence-electron chi connectivity index (χ4n) is 3.10. The third kappa shape index (κ3) is 5.61. The summed E-state index contributed by atoms with van der Waals surface area (Å²) in [7, 11) is 3.01. The van der Waals surface area contributed by atoms with Crippen molar-refractivity contribution >= 4 is 44.9 Å². The molecule has 0 atom stereocenters. The molecule has 3 aromatic rings. The van der Waals surface area contributed by atoms with Crippen LogP contribution in [-0.4, -0.2) is 30.2 Å². The molecule has 1 N–H and O–H groups in total. The Labute approximate surface area is 185 Å². The van der Waals surface area contributed by atoms with E-state index < -0.39 is 0 Å². The Morgan fingerprint density at radius 2 is 2.03 bits per heavy atom. The van der Waals surface area contributed by atoms with Gasteiger partial charge in [-0.1, -0.05) is 24.6 Å². The van der Waals surface area contributed by atoms with Crippen LogP contribution in [0.4, 0.5) is 5.82 Å². The molecule has 0 unspecified atom stereocenters. The van der Waals surface area contributed by atoms with Crippen molar-refractivity contribution in [2.75, 3.05) is 19.5 Å². The molecule has 0 fully saturated rings. The van der Waals surface area contributed by atoms with E-state index in [0.717, 1.165) is 53.1 Å². The maximum atomic E-state index is 11.3. The SMILES string of the molecule is CCc1cc2c(NCc3ccc(OC)c(Cl)c3)nc(CCCCC(=O)OC)nc2s1. The van der Waals surface area contributed by atoms with Crippen molar-refractivity contribution in [3.05, 3.63) is 45.6 Å². The van der Waals surface area contributed by atoms with Gasteiger partial charge in [-0.2, -0.15) is 0 Å². The van der Waals surface area contributed by atoms with E-state index in [9.17, 15) is 4.79 Å². The molecule has 30 heavy (non-hydrogen) atoms. The maximum absolute atomic E-state index is 11.3. The highest BCUT2D eigenvalue weighted by molar-refractivity contribution is 7.18. The molecule has 0 radical (unpaired) electrons. The van der Waals surface area contributed by atoms with Gasteiger partial charge in [0, 0.05) is 24.3 Å². The number of aryl methyl sites for hydroxylation is 2. The summed E-state index contributed by atoms with van der Waals surface area (Å²) in [5.74, 6) is 2.08. The predicted octanol–water partition coefficient (Wildman–Crippen LogP) is 5.41. The highest BCUT2D eigenvalue weighted by Crippen LogP contribution is 2.30. The second-order valence-electron chi connectivity index (χ2n) is 6.88. The number of halogens is 1. The van der Waals surface area contributed by atoms with E-state index in [-0.39, 0.29) is 5.97 Å². The van der Waals surface area contributed by atoms with Gasteiger partial charge in [0.15, 0.2) is 0 Å². The highest BCUT2D eigenvalue weighted by Gasteiger charge is 2.12. The average Bonchev–Trinajstić information content (AvgIpc) is 3.18. The topological polar surface area (TPSA) is 73.3 Å². The zero-order valence-electron chi connectivity index (χ0n) is 17.5. The maximum Gasteiger partial charge on any atom is 0.305 e. The molecule has 0 aliphatic rings. The van der Waals surface area contributed by atoms with Gasteiger partial charge in [-0.25, -0.2) is 9.97 Å². The minimum Gasteiger partial charge on any atom is -0.495 e. The lowest BCUT2D eigenvalue weighted by Gasteiger charge is -2.10. The molecule has 0 spiro atoms. The second kappa shape index (κ2) is 10.6. The molecule has 2 heterocycles. The fraction of sp³-hybridized carbons (Fsp3) is 0.409. The van der Waals surface area contributed by atoms with Crippen molar-refractivity contribution in [2.45, 2.75) is 45.6 Å². The largest absolute Gasteiger partial charge is 0.495 e. The number of nitrogens with zero attached hydrogens (tertiary/aromatic N) is 2. The van der Waals surface area contributed by atoms with Crippen LogP contribution in [0.3, 0.4) is 0 Å². The number of fused-ring (bicyclic) bond motifs is 1. The van der Waals surface area contributed by atoms with Crippen molar-refractivity contribution in [3.8, 4) is 5.75 Å². The number of nitrogens with one attached hydrogen (secondary N) is 1. The molecule has 0 bridgehead atoms. The molecule has 160 valence electrons. The average molecular weight is 448 g/mol. The van der Waals surface area contributed by atoms with Crippen LogP contribution in [0.2, 0.25) is 5.02 Å². The first-order chi connectivity index (χ1) is 14.5. The van der Waals surface area contributed by atoms with E-state index in [0.29, 0.717) is 23.7 Å². The Kier molecular flexibility index (Phi) is 7.87. The zero-order chi connectivity index (χ0) is 21.5. The Balaban J connectivity index is 1.76. The number of anilines is 1. The van der Waals surface area contributed by atoms with E-state index in [2.05, 4.69) is 18.3 Å². The standard InChI is InChI=1S/C22H26ClN3O3S/c1-4-15-12-16-21(24-13-14-9-10-18(28-2)17(23)11-14)25-19(26-22(16)30-15)7-5-6-8-20(27)29-3/h9-12H,4-8,13H2,1-3H3,(H,24,25,26). The van der Waals surface area contributed by atoms with Gasteiger partial charge in [0.05, 0.1) is 24.6 Å². The number of benzene rings is 1. The van der Waals surface area contributed by atoms with Gasteiger partial charge in [-0.05, 0) is 43.0 Å². The summed E-state index contributed by atoms with van der Waals surface area (Å²) in [6.07, 6.45) is 3.69. The molecule has 1 aromatic carbocycles. The van der Waals surface area contributed by atoms with Crippen molar-refractivity contribution in [1.82, 2.24) is 9.97 Å². The van der Waals surface area contributed by atoms with Crippen LogP contribution >= 0.6 is 22.9 Å². The van der Waals surface area contributed by atoms with Crippen LogP contribution in [0.5, 0.6) is 5.75 Å². The monoisotopic (exact) mass is 447 g/mol. The van der Waals surface area contributed by atoms with Crippen LogP contribution in [0, 0.1) is 0 Å². The number of rotatable bonds is 10. The number of hydrogen-bond acceptors (Lipinski definition) is 7. The number of hydrogen-bond donors (Lipinski definition) is 1. The normalized spacial score (nSPS) is 10.9. The number of unbranched alkanes of at least 4 members (excludes halogenated alkanes) is 1. The molecule has 2 aromatic heterocycles. The molecule has 0 saturated carbocycles. The molecular formula is C22H26ClN3O3S. The summed E-state index contributed by atoms with van der Waals surface area (Å²) in [4.78, 5) is 23.1. The van der Waals surface area contributed by atoms with Gasteiger partial charge < -0.3 is 14.8 Å². The zero-order valence-corrected chi connectivity index (χ0v) is 19.0. The van der Waals surface area contributed by atoms with Crippen LogP contribution in [0.25, 0.3) is 10.2 Å². The second-order valence-corrected chi connectivity index (χ2v) is 8.40. The van der Waals surface area contributed by atoms with Crippen LogP contribution in [0.15, 0.2) is 24.3 Å². The molecule has 3 rings (SSSR count). The summed E-state index contributed by atoms with van der Waals surface area (Å²) in [5, 5.41) is 5.07. The van der Waals surface area contributed by atoms with Gasteiger partial charge in [0.25, 0.3) is 0 Å². The van der Waals surface area contributed by atoms with Gasteiger partial charge in [0.2, 0.25) is 0 Å². The molecular weight excluding hydrogens is 422 g/mol. The van der Waals surface area contributed by atoms with Crippen molar-refractivity contribution in [2.24, 2.45) is 0 Å². The van der Waals surface area contributed by atoms with Gasteiger partial charge in [-0.15, -0.1) is 11.3 Å². The third-order valence-corrected chi connectivity index (χ3v) is 6.24. The van der Waals surface area contributed by atoms with E-state index in [1.807, 2.05) is 18.2 Å². The molecule has 0 aliphatic carbocycles. The predicted molar refractivity (Wildman–Crippen MR) is 122 cm³/mol. The van der Waals surface area contributed by atoms with Crippen LogP contribution in [-0.2, 0) is 28.9 Å². The summed E-state index contributed by atoms with van der Waals surface area (Å²) in [6, 6.07) is 7.89. The lowest BCUT2D eigenvalue weighted by Crippen LogP contribution is -2.06. The first-order valence-corrected chi connectivity index (χ1v) is 11.2. The van der Waals surface area contributed by atoms with E-state index in [1.54, 1.807) is 18.4 Å². The van der Waals surface area contributed by atoms with E-state index >= 15 is 0 Å². The minimum atomic E-state index is -0.183. The number of thiophene rings is 1. The lowest BCUT2D eigenvalue weighted by molar-refractivity contribution is -0.140. The first kappa shape index (κ1) is 22.3. The Bertz CT molecular complexity index is 1020. The number of carbonyl (C=O) groups excluding carboxylic acids is 1. The van der Waals surface area contributed by atoms with E-state index in [4.69, 9.17) is 31.0 Å². The molecule has 0 aliphatic heterocycles. The first-order valence-electron chi connectivity index (χ1n) is 9.96. The van der Waals surface area contributed by atoms with Crippen LogP contribution in [0.1, 0.15) is 42.5 Å². The highest BCUT2D eigenvalue weighted by atomic mass is 35.5. The van der Waals surface area contributed by atoms with Crippen molar-refractivity contribution in [1.29, 1.82) is 0 Å². The fourth-order valence-corrected chi connectivity index (χ4v) is 4.36. The van der Waals surface area contributed by atoms with Gasteiger partial charge in [-0.3, -0.25) is 4.79 Å². The molecule has 0 saturated heterocycles. The van der Waals surface area contributed by atoms with Gasteiger partial charge >= 0.3 is 5.97 Å². The summed E-state index contributed by atoms with van der Waals surface area (Å²) >= 11 is 7.95. The summed E-state index contributed by atoms with van der Waals surface area (Å²) in [5.41, 5.74) is 1.04. The Hall–Kier alpha value is -2.38.